The number of hydrogen-bond acceptors (Lipinski definition) is 5. The molecule has 2 aromatic heterocycles. The zero-order valence-corrected chi connectivity index (χ0v) is 19.1. The number of aryl methyl sites for hydroxylation is 1. The van der Waals surface area contributed by atoms with Crippen molar-refractivity contribution in [3.63, 3.8) is 0 Å². The predicted octanol–water partition coefficient (Wildman–Crippen LogP) is 3.55. The lowest BCUT2D eigenvalue weighted by atomic mass is 10.0. The van der Waals surface area contributed by atoms with E-state index >= 15 is 0 Å². The number of amides is 3. The summed E-state index contributed by atoms with van der Waals surface area (Å²) in [6, 6.07) is 13.1. The average Bonchev–Trinajstić information content (AvgIpc) is 3.57. The van der Waals surface area contributed by atoms with Crippen LogP contribution >= 0.6 is 0 Å². The van der Waals surface area contributed by atoms with E-state index < -0.39 is 17.9 Å². The smallest absolute Gasteiger partial charge is 0.287 e. The summed E-state index contributed by atoms with van der Waals surface area (Å²) < 4.78 is 5.11. The molecular weight excluding hydrogens is 432 g/mol. The molecular formula is C26H28N4O4. The first-order valence-electron chi connectivity index (χ1n) is 11.4. The number of rotatable bonds is 8. The molecule has 0 bridgehead atoms. The first-order chi connectivity index (χ1) is 16.5. The number of nitrogens with zero attached hydrogens (tertiary/aromatic N) is 2. The molecule has 0 unspecified atom stereocenters. The third-order valence-corrected chi connectivity index (χ3v) is 5.96. The van der Waals surface area contributed by atoms with Gasteiger partial charge in [-0.05, 0) is 61.7 Å². The second-order valence-corrected chi connectivity index (χ2v) is 8.43. The second kappa shape index (κ2) is 10.8. The van der Waals surface area contributed by atoms with Crippen molar-refractivity contribution in [3.05, 3.63) is 84.1 Å². The lowest BCUT2D eigenvalue weighted by Gasteiger charge is -2.32. The van der Waals surface area contributed by atoms with Crippen LogP contribution in [0.1, 0.15) is 53.4 Å². The molecule has 1 fully saturated rings. The number of furan rings is 1. The van der Waals surface area contributed by atoms with E-state index in [-0.39, 0.29) is 24.3 Å². The van der Waals surface area contributed by atoms with Crippen molar-refractivity contribution >= 4 is 23.4 Å². The van der Waals surface area contributed by atoms with Crippen LogP contribution in [-0.2, 0) is 9.59 Å². The molecule has 176 valence electrons. The lowest BCUT2D eigenvalue weighted by Crippen LogP contribution is -2.49. The number of pyridine rings is 1. The fourth-order valence-electron chi connectivity index (χ4n) is 4.19. The quantitative estimate of drug-likeness (QED) is 0.535. The molecule has 0 aliphatic heterocycles. The van der Waals surface area contributed by atoms with Crippen LogP contribution in [0.3, 0.4) is 0 Å². The molecule has 1 atom stereocenters. The molecule has 1 saturated carbocycles. The van der Waals surface area contributed by atoms with E-state index in [0.717, 1.165) is 31.2 Å². The number of carbonyl (C=O) groups excluding carboxylic acids is 3. The van der Waals surface area contributed by atoms with Crippen molar-refractivity contribution in [2.24, 2.45) is 0 Å². The highest BCUT2D eigenvalue weighted by Crippen LogP contribution is 2.29. The molecule has 34 heavy (non-hydrogen) atoms. The minimum absolute atomic E-state index is 0.0884. The van der Waals surface area contributed by atoms with E-state index in [9.17, 15) is 14.4 Å². The minimum atomic E-state index is -0.917. The Kier molecular flexibility index (Phi) is 7.37. The van der Waals surface area contributed by atoms with Crippen LogP contribution in [0.25, 0.3) is 0 Å². The molecule has 1 aliphatic carbocycles. The molecule has 0 spiro atoms. The van der Waals surface area contributed by atoms with Gasteiger partial charge in [0.15, 0.2) is 5.76 Å². The summed E-state index contributed by atoms with van der Waals surface area (Å²) >= 11 is 0. The van der Waals surface area contributed by atoms with Crippen LogP contribution in [0, 0.1) is 6.92 Å². The Labute approximate surface area is 198 Å². The number of anilines is 1. The molecule has 2 heterocycles. The van der Waals surface area contributed by atoms with Gasteiger partial charge in [0.2, 0.25) is 11.8 Å². The highest BCUT2D eigenvalue weighted by Gasteiger charge is 2.34. The van der Waals surface area contributed by atoms with Gasteiger partial charge in [0, 0.05) is 24.1 Å². The number of hydrogen-bond donors (Lipinski definition) is 2. The summed E-state index contributed by atoms with van der Waals surface area (Å²) in [5.74, 6) is -1.08. The molecule has 3 amide bonds. The van der Waals surface area contributed by atoms with Gasteiger partial charge in [-0.3, -0.25) is 24.3 Å². The van der Waals surface area contributed by atoms with Crippen molar-refractivity contribution in [2.75, 3.05) is 11.4 Å². The van der Waals surface area contributed by atoms with Crippen LogP contribution in [0.2, 0.25) is 0 Å². The normalized spacial score (nSPS) is 14.4. The molecule has 1 aliphatic rings. The van der Waals surface area contributed by atoms with Crippen molar-refractivity contribution in [3.8, 4) is 0 Å². The van der Waals surface area contributed by atoms with E-state index in [1.54, 1.807) is 42.7 Å². The number of aromatic nitrogens is 1. The highest BCUT2D eigenvalue weighted by atomic mass is 16.3. The maximum atomic E-state index is 13.6. The fraction of sp³-hybridized carbons (Fsp3) is 0.308. The summed E-state index contributed by atoms with van der Waals surface area (Å²) in [4.78, 5) is 45.0. The largest absolute Gasteiger partial charge is 0.459 e. The Morgan fingerprint density at radius 1 is 1.06 bits per heavy atom. The van der Waals surface area contributed by atoms with Gasteiger partial charge >= 0.3 is 0 Å². The summed E-state index contributed by atoms with van der Waals surface area (Å²) in [6.45, 7) is 1.65. The van der Waals surface area contributed by atoms with Gasteiger partial charge in [-0.15, -0.1) is 0 Å². The highest BCUT2D eigenvalue weighted by molar-refractivity contribution is 6.04. The zero-order valence-electron chi connectivity index (χ0n) is 19.1. The van der Waals surface area contributed by atoms with Gasteiger partial charge < -0.3 is 15.1 Å². The zero-order chi connectivity index (χ0) is 23.9. The molecule has 3 aromatic rings. The van der Waals surface area contributed by atoms with Gasteiger partial charge in [0.05, 0.1) is 12.8 Å². The Morgan fingerprint density at radius 3 is 2.41 bits per heavy atom. The Morgan fingerprint density at radius 2 is 1.76 bits per heavy atom. The van der Waals surface area contributed by atoms with Crippen LogP contribution in [0.4, 0.5) is 5.69 Å². The Balaban J connectivity index is 1.65. The van der Waals surface area contributed by atoms with E-state index in [0.29, 0.717) is 11.3 Å². The van der Waals surface area contributed by atoms with Gasteiger partial charge in [-0.2, -0.15) is 0 Å². The number of carbonyl (C=O) groups is 3. The molecule has 1 aromatic carbocycles. The third kappa shape index (κ3) is 5.51. The van der Waals surface area contributed by atoms with Crippen molar-refractivity contribution < 1.29 is 18.8 Å². The van der Waals surface area contributed by atoms with Crippen LogP contribution in [0.5, 0.6) is 0 Å². The van der Waals surface area contributed by atoms with E-state index in [1.165, 1.54) is 17.2 Å². The maximum Gasteiger partial charge on any atom is 0.287 e. The van der Waals surface area contributed by atoms with Gasteiger partial charge in [0.1, 0.15) is 6.04 Å². The molecule has 0 radical (unpaired) electrons. The van der Waals surface area contributed by atoms with Crippen molar-refractivity contribution in [1.82, 2.24) is 15.6 Å². The summed E-state index contributed by atoms with van der Waals surface area (Å²) in [5.41, 5.74) is 2.22. The second-order valence-electron chi connectivity index (χ2n) is 8.43. The van der Waals surface area contributed by atoms with E-state index in [4.69, 9.17) is 4.42 Å². The first kappa shape index (κ1) is 23.2. The van der Waals surface area contributed by atoms with Gasteiger partial charge in [-0.1, -0.05) is 30.5 Å². The van der Waals surface area contributed by atoms with Gasteiger partial charge in [0.25, 0.3) is 5.91 Å². The Bertz CT molecular complexity index is 1110. The predicted molar refractivity (Wildman–Crippen MR) is 127 cm³/mol. The van der Waals surface area contributed by atoms with Crippen LogP contribution < -0.4 is 15.5 Å². The lowest BCUT2D eigenvalue weighted by molar-refractivity contribution is -0.126. The standard InChI is InChI=1S/C26H28N4O4/c1-18-8-10-21(11-9-18)30(23(31)17-28-25(32)22-7-4-16-34-22)24(19-12-14-27-15-13-19)26(33)29-20-5-2-3-6-20/h4,7-16,20,24H,2-3,5-6,17H2,1H3,(H,28,32)(H,29,33)/t24-/m0/s1. The Hall–Kier alpha value is -3.94. The van der Waals surface area contributed by atoms with Gasteiger partial charge in [-0.25, -0.2) is 0 Å². The topological polar surface area (TPSA) is 105 Å². The average molecular weight is 461 g/mol. The first-order valence-corrected chi connectivity index (χ1v) is 11.4. The fourth-order valence-corrected chi connectivity index (χ4v) is 4.19. The van der Waals surface area contributed by atoms with Crippen LogP contribution in [-0.4, -0.2) is 35.3 Å². The monoisotopic (exact) mass is 460 g/mol. The number of nitrogens with one attached hydrogen (secondary N) is 2. The molecule has 2 N–H and O–H groups in total. The summed E-state index contributed by atoms with van der Waals surface area (Å²) in [6.07, 6.45) is 8.58. The van der Waals surface area contributed by atoms with Crippen molar-refractivity contribution in [1.29, 1.82) is 0 Å². The van der Waals surface area contributed by atoms with E-state index in [1.807, 2.05) is 19.1 Å². The SMILES string of the molecule is Cc1ccc(N(C(=O)CNC(=O)c2ccco2)[C@H](C(=O)NC2CCCC2)c2ccncc2)cc1. The maximum absolute atomic E-state index is 13.6. The molecule has 0 saturated heterocycles. The molecule has 8 heteroatoms. The summed E-state index contributed by atoms with van der Waals surface area (Å²) in [7, 11) is 0. The minimum Gasteiger partial charge on any atom is -0.459 e. The summed E-state index contributed by atoms with van der Waals surface area (Å²) in [5, 5.41) is 5.72. The molecule has 8 nitrogen and oxygen atoms in total. The third-order valence-electron chi connectivity index (χ3n) is 5.96. The number of benzene rings is 1. The van der Waals surface area contributed by atoms with Crippen molar-refractivity contribution in [2.45, 2.75) is 44.7 Å². The van der Waals surface area contributed by atoms with E-state index in [2.05, 4.69) is 15.6 Å². The van der Waals surface area contributed by atoms with Crippen LogP contribution in [0.15, 0.2) is 71.6 Å². The molecule has 4 rings (SSSR count).